The molecule has 2 N–H and O–H groups in total. The van der Waals surface area contributed by atoms with Crippen molar-refractivity contribution in [2.24, 2.45) is 0 Å². The monoisotopic (exact) mass is 341 g/mol. The molecule has 0 atom stereocenters. The number of benzene rings is 1. The number of ether oxygens (including phenoxy) is 1. The van der Waals surface area contributed by atoms with Crippen LogP contribution in [0, 0.1) is 0 Å². The molecule has 0 bridgehead atoms. The summed E-state index contributed by atoms with van der Waals surface area (Å²) in [5.74, 6) is -0.00153. The van der Waals surface area contributed by atoms with Gasteiger partial charge in [0.05, 0.1) is 7.11 Å². The number of hydrogen-bond acceptors (Lipinski definition) is 5. The van der Waals surface area contributed by atoms with Crippen molar-refractivity contribution in [3.8, 4) is 5.75 Å². The molecule has 8 heteroatoms. The van der Waals surface area contributed by atoms with E-state index in [9.17, 15) is 13.2 Å². The maximum absolute atomic E-state index is 12.5. The largest absolute Gasteiger partial charge is 0.495 e. The summed E-state index contributed by atoms with van der Waals surface area (Å²) in [5.41, 5.74) is 0.320. The molecule has 1 aliphatic carbocycles. The summed E-state index contributed by atoms with van der Waals surface area (Å²) in [5, 5.41) is 2.97. The maximum Gasteiger partial charge on any atom is 0.253 e. The van der Waals surface area contributed by atoms with Crippen molar-refractivity contribution in [1.29, 1.82) is 0 Å². The number of sulfonamides is 1. The zero-order chi connectivity index (χ0) is 17.0. The van der Waals surface area contributed by atoms with Crippen molar-refractivity contribution in [2.45, 2.75) is 23.8 Å². The molecule has 7 nitrogen and oxygen atoms in total. The minimum atomic E-state index is -3.70. The smallest absolute Gasteiger partial charge is 0.253 e. The zero-order valence-electron chi connectivity index (χ0n) is 13.6. The van der Waals surface area contributed by atoms with Crippen LogP contribution in [0.4, 0.5) is 0 Å². The van der Waals surface area contributed by atoms with Gasteiger partial charge in [-0.15, -0.1) is 0 Å². The summed E-state index contributed by atoms with van der Waals surface area (Å²) in [6.45, 7) is 1.19. The molecular weight excluding hydrogens is 318 g/mol. The van der Waals surface area contributed by atoms with Gasteiger partial charge >= 0.3 is 0 Å². The third kappa shape index (κ3) is 4.43. The highest BCUT2D eigenvalue weighted by Gasteiger charge is 2.30. The average molecular weight is 341 g/mol. The molecule has 1 aromatic carbocycles. The number of carbonyl (C=O) groups excluding carboxylic acids is 1. The summed E-state index contributed by atoms with van der Waals surface area (Å²) >= 11 is 0. The number of carbonyl (C=O) groups is 1. The van der Waals surface area contributed by atoms with Gasteiger partial charge in [-0.2, -0.15) is 0 Å². The van der Waals surface area contributed by atoms with E-state index in [4.69, 9.17) is 4.74 Å². The highest BCUT2D eigenvalue weighted by atomic mass is 32.2. The second kappa shape index (κ2) is 7.29. The molecule has 128 valence electrons. The molecule has 1 aromatic rings. The molecule has 1 fully saturated rings. The average Bonchev–Trinajstić information content (AvgIpc) is 3.34. The van der Waals surface area contributed by atoms with Crippen molar-refractivity contribution >= 4 is 15.9 Å². The Bertz CT molecular complexity index is 671. The van der Waals surface area contributed by atoms with E-state index >= 15 is 0 Å². The zero-order valence-corrected chi connectivity index (χ0v) is 14.4. The number of rotatable bonds is 8. The molecule has 1 aliphatic rings. The SMILES string of the molecule is CNCCN(C)C(=O)c1ccc(OC)c(S(=O)(=O)NC2CC2)c1. The van der Waals surface area contributed by atoms with E-state index in [1.54, 1.807) is 25.1 Å². The standard InChI is InChI=1S/C15H23N3O4S/c1-16-8-9-18(2)15(19)11-4-7-13(22-3)14(10-11)23(20,21)17-12-5-6-12/h4,7,10,12,16-17H,5-6,8-9H2,1-3H3. The van der Waals surface area contributed by atoms with Crippen LogP contribution in [0.1, 0.15) is 23.2 Å². The lowest BCUT2D eigenvalue weighted by molar-refractivity contribution is 0.0796. The molecule has 0 aliphatic heterocycles. The third-order valence-electron chi connectivity index (χ3n) is 3.64. The van der Waals surface area contributed by atoms with Gasteiger partial charge in [0.15, 0.2) is 0 Å². The van der Waals surface area contributed by atoms with Gasteiger partial charge in [-0.1, -0.05) is 0 Å². The second-order valence-electron chi connectivity index (χ2n) is 5.59. The van der Waals surface area contributed by atoms with Crippen molar-refractivity contribution in [2.75, 3.05) is 34.3 Å². The Hall–Kier alpha value is -1.64. The quantitative estimate of drug-likeness (QED) is 0.716. The van der Waals surface area contributed by atoms with Gasteiger partial charge in [0.2, 0.25) is 10.0 Å². The van der Waals surface area contributed by atoms with Crippen molar-refractivity contribution < 1.29 is 17.9 Å². The molecule has 2 rings (SSSR count). The van der Waals surface area contributed by atoms with Crippen LogP contribution in [0.3, 0.4) is 0 Å². The molecule has 0 heterocycles. The molecule has 0 saturated heterocycles. The first kappa shape index (κ1) is 17.7. The lowest BCUT2D eigenvalue weighted by Crippen LogP contribution is -2.33. The van der Waals surface area contributed by atoms with Crippen LogP contribution >= 0.6 is 0 Å². The van der Waals surface area contributed by atoms with Crippen LogP contribution < -0.4 is 14.8 Å². The Balaban J connectivity index is 2.29. The second-order valence-corrected chi connectivity index (χ2v) is 7.27. The number of nitrogens with one attached hydrogen (secondary N) is 2. The predicted octanol–water partition coefficient (Wildman–Crippen LogP) is 0.427. The molecule has 0 aromatic heterocycles. The van der Waals surface area contributed by atoms with E-state index in [0.717, 1.165) is 12.8 Å². The van der Waals surface area contributed by atoms with Gasteiger partial charge in [0.25, 0.3) is 5.91 Å². The number of methoxy groups -OCH3 is 1. The first-order valence-corrected chi connectivity index (χ1v) is 8.98. The van der Waals surface area contributed by atoms with Gasteiger partial charge in [0, 0.05) is 31.7 Å². The molecule has 0 spiro atoms. The lowest BCUT2D eigenvalue weighted by Gasteiger charge is -2.18. The first-order valence-electron chi connectivity index (χ1n) is 7.49. The third-order valence-corrected chi connectivity index (χ3v) is 5.18. The number of hydrogen-bond donors (Lipinski definition) is 2. The predicted molar refractivity (Wildman–Crippen MR) is 87.2 cm³/mol. The van der Waals surface area contributed by atoms with E-state index in [1.165, 1.54) is 19.2 Å². The molecular formula is C15H23N3O4S. The fourth-order valence-corrected chi connectivity index (χ4v) is 3.61. The Morgan fingerprint density at radius 3 is 2.65 bits per heavy atom. The number of amides is 1. The molecule has 23 heavy (non-hydrogen) atoms. The molecule has 1 saturated carbocycles. The topological polar surface area (TPSA) is 87.7 Å². The van der Waals surface area contributed by atoms with Gasteiger partial charge in [0.1, 0.15) is 10.6 Å². The first-order chi connectivity index (χ1) is 10.9. The minimum Gasteiger partial charge on any atom is -0.495 e. The van der Waals surface area contributed by atoms with E-state index in [2.05, 4.69) is 10.0 Å². The molecule has 0 unspecified atom stereocenters. The fourth-order valence-electron chi connectivity index (χ4n) is 2.11. The van der Waals surface area contributed by atoms with E-state index in [0.29, 0.717) is 18.7 Å². The van der Waals surface area contributed by atoms with Crippen LogP contribution in [0.25, 0.3) is 0 Å². The molecule has 1 amide bonds. The lowest BCUT2D eigenvalue weighted by atomic mass is 10.2. The van der Waals surface area contributed by atoms with Crippen LogP contribution in [0.2, 0.25) is 0 Å². The Kier molecular flexibility index (Phi) is 5.61. The van der Waals surface area contributed by atoms with Gasteiger partial charge in [-0.05, 0) is 38.1 Å². The van der Waals surface area contributed by atoms with E-state index < -0.39 is 10.0 Å². The van der Waals surface area contributed by atoms with Crippen molar-refractivity contribution in [3.05, 3.63) is 23.8 Å². The minimum absolute atomic E-state index is 0.000216. The summed E-state index contributed by atoms with van der Waals surface area (Å²) in [6.07, 6.45) is 1.68. The summed E-state index contributed by atoms with van der Waals surface area (Å²) < 4.78 is 32.7. The number of likely N-dealkylation sites (N-methyl/N-ethyl adjacent to an activating group) is 2. The van der Waals surface area contributed by atoms with E-state index in [1.807, 2.05) is 0 Å². The Morgan fingerprint density at radius 1 is 1.39 bits per heavy atom. The van der Waals surface area contributed by atoms with Crippen LogP contribution in [0.5, 0.6) is 5.75 Å². The summed E-state index contributed by atoms with van der Waals surface area (Å²) in [4.78, 5) is 14.0. The Morgan fingerprint density at radius 2 is 2.09 bits per heavy atom. The Labute approximate surface area is 137 Å². The van der Waals surface area contributed by atoms with Crippen LogP contribution in [-0.4, -0.2) is 59.6 Å². The maximum atomic E-state index is 12.5. The highest BCUT2D eigenvalue weighted by molar-refractivity contribution is 7.89. The van der Waals surface area contributed by atoms with Gasteiger partial charge in [-0.25, -0.2) is 13.1 Å². The van der Waals surface area contributed by atoms with E-state index in [-0.39, 0.29) is 22.6 Å². The van der Waals surface area contributed by atoms with Crippen LogP contribution in [-0.2, 0) is 10.0 Å². The van der Waals surface area contributed by atoms with Gasteiger partial charge < -0.3 is 15.0 Å². The summed E-state index contributed by atoms with van der Waals surface area (Å²) in [7, 11) is 1.20. The molecule has 0 radical (unpaired) electrons. The number of nitrogens with zero attached hydrogens (tertiary/aromatic N) is 1. The van der Waals surface area contributed by atoms with Crippen molar-refractivity contribution in [3.63, 3.8) is 0 Å². The fraction of sp³-hybridized carbons (Fsp3) is 0.533. The van der Waals surface area contributed by atoms with Gasteiger partial charge in [-0.3, -0.25) is 4.79 Å². The highest BCUT2D eigenvalue weighted by Crippen LogP contribution is 2.28. The van der Waals surface area contributed by atoms with Crippen molar-refractivity contribution in [1.82, 2.24) is 14.9 Å². The normalized spacial score (nSPS) is 14.6. The van der Waals surface area contributed by atoms with Crippen LogP contribution in [0.15, 0.2) is 23.1 Å². The summed E-state index contributed by atoms with van der Waals surface area (Å²) in [6, 6.07) is 4.46.